The third kappa shape index (κ3) is 4.95. The van der Waals surface area contributed by atoms with Crippen molar-refractivity contribution in [3.8, 4) is 0 Å². The fourth-order valence-corrected chi connectivity index (χ4v) is 6.31. The van der Waals surface area contributed by atoms with E-state index in [1.807, 2.05) is 29.2 Å². The van der Waals surface area contributed by atoms with Gasteiger partial charge < -0.3 is 9.64 Å². The molecular weight excluding hydrogens is 426 g/mol. The number of para-hydroxylation sites is 1. The van der Waals surface area contributed by atoms with Crippen LogP contribution in [0.3, 0.4) is 0 Å². The number of carbonyl (C=O) groups excluding carboxylic acids is 1. The molecule has 2 aliphatic heterocycles. The summed E-state index contributed by atoms with van der Waals surface area (Å²) >= 11 is 3.52. The molecule has 0 aliphatic carbocycles. The number of ether oxygens (including phenoxy) is 1. The van der Waals surface area contributed by atoms with Crippen molar-refractivity contribution in [3.05, 3.63) is 59.1 Å². The quantitative estimate of drug-likeness (QED) is 0.514. The molecule has 0 unspecified atom stereocenters. The van der Waals surface area contributed by atoms with Gasteiger partial charge in [0, 0.05) is 43.4 Å². The van der Waals surface area contributed by atoms with E-state index in [0.29, 0.717) is 6.10 Å². The van der Waals surface area contributed by atoms with Crippen molar-refractivity contribution in [3.63, 3.8) is 0 Å². The molecule has 3 heterocycles. The van der Waals surface area contributed by atoms with E-state index in [0.717, 1.165) is 78.9 Å². The number of nitrogens with zero attached hydrogens (tertiary/aromatic N) is 3. The number of aromatic nitrogens is 1. The Morgan fingerprint density at radius 3 is 2.71 bits per heavy atom. The van der Waals surface area contributed by atoms with E-state index in [1.165, 1.54) is 4.70 Å². The number of thioether (sulfide) groups is 1. The topological polar surface area (TPSA) is 45.7 Å². The zero-order valence-corrected chi connectivity index (χ0v) is 19.2. The summed E-state index contributed by atoms with van der Waals surface area (Å²) in [6.45, 7) is 5.00. The van der Waals surface area contributed by atoms with Crippen LogP contribution < -0.4 is 0 Å². The zero-order valence-electron chi connectivity index (χ0n) is 17.5. The van der Waals surface area contributed by atoms with Gasteiger partial charge in [0.25, 0.3) is 5.91 Å². The van der Waals surface area contributed by atoms with E-state index >= 15 is 0 Å². The number of rotatable bonds is 6. The maximum absolute atomic E-state index is 13.3. The van der Waals surface area contributed by atoms with E-state index in [2.05, 4.69) is 29.2 Å². The highest BCUT2D eigenvalue weighted by Gasteiger charge is 2.25. The van der Waals surface area contributed by atoms with Crippen LogP contribution in [0.15, 0.2) is 53.4 Å². The molecule has 0 radical (unpaired) electrons. The fraction of sp³-hybridized carbons (Fsp3) is 0.417. The Morgan fingerprint density at radius 2 is 1.90 bits per heavy atom. The highest BCUT2D eigenvalue weighted by molar-refractivity contribution is 7.99. The van der Waals surface area contributed by atoms with Crippen LogP contribution in [0, 0.1) is 0 Å². The van der Waals surface area contributed by atoms with Gasteiger partial charge in [0.05, 0.1) is 28.4 Å². The van der Waals surface area contributed by atoms with Gasteiger partial charge in [0.15, 0.2) is 0 Å². The minimum atomic E-state index is 0.148. The number of piperazine rings is 1. The van der Waals surface area contributed by atoms with Gasteiger partial charge in [-0.05, 0) is 37.1 Å². The molecule has 162 valence electrons. The van der Waals surface area contributed by atoms with Crippen LogP contribution in [0.25, 0.3) is 10.2 Å². The van der Waals surface area contributed by atoms with Gasteiger partial charge in [-0.3, -0.25) is 9.69 Å². The lowest BCUT2D eigenvalue weighted by atomic mass is 10.2. The molecular formula is C24H27N3O2S2. The van der Waals surface area contributed by atoms with Crippen LogP contribution in [0.5, 0.6) is 0 Å². The van der Waals surface area contributed by atoms with Crippen molar-refractivity contribution in [2.75, 3.05) is 38.5 Å². The lowest BCUT2D eigenvalue weighted by Crippen LogP contribution is -2.48. The Morgan fingerprint density at radius 1 is 1.10 bits per heavy atom. The Hall–Kier alpha value is -1.93. The van der Waals surface area contributed by atoms with E-state index in [4.69, 9.17) is 9.72 Å². The highest BCUT2D eigenvalue weighted by Crippen LogP contribution is 2.28. The fourth-order valence-electron chi connectivity index (χ4n) is 4.19. The summed E-state index contributed by atoms with van der Waals surface area (Å²) < 4.78 is 6.98. The van der Waals surface area contributed by atoms with Crippen LogP contribution in [-0.2, 0) is 11.3 Å². The lowest BCUT2D eigenvalue weighted by Gasteiger charge is -2.34. The average molecular weight is 454 g/mol. The molecule has 0 spiro atoms. The van der Waals surface area contributed by atoms with Gasteiger partial charge >= 0.3 is 0 Å². The van der Waals surface area contributed by atoms with Gasteiger partial charge in [-0.2, -0.15) is 0 Å². The second-order valence-electron chi connectivity index (χ2n) is 8.09. The summed E-state index contributed by atoms with van der Waals surface area (Å²) in [5.74, 6) is 1.07. The number of hydrogen-bond acceptors (Lipinski definition) is 6. The normalized spacial score (nSPS) is 19.9. The Balaban J connectivity index is 1.18. The molecule has 31 heavy (non-hydrogen) atoms. The number of hydrogen-bond donors (Lipinski definition) is 0. The predicted octanol–water partition coefficient (Wildman–Crippen LogP) is 4.53. The monoisotopic (exact) mass is 453 g/mol. The molecule has 7 heteroatoms. The molecule has 0 saturated carbocycles. The Bertz CT molecular complexity index is 1010. The van der Waals surface area contributed by atoms with Gasteiger partial charge in [-0.25, -0.2) is 4.98 Å². The highest BCUT2D eigenvalue weighted by atomic mass is 32.2. The van der Waals surface area contributed by atoms with Crippen LogP contribution in [-0.4, -0.2) is 65.3 Å². The van der Waals surface area contributed by atoms with E-state index < -0.39 is 0 Å². The van der Waals surface area contributed by atoms with Gasteiger partial charge in [-0.15, -0.1) is 23.1 Å². The molecule has 3 aromatic rings. The van der Waals surface area contributed by atoms with Crippen LogP contribution in [0.1, 0.15) is 28.2 Å². The Labute approximate surface area is 191 Å². The molecule has 5 rings (SSSR count). The maximum atomic E-state index is 13.3. The maximum Gasteiger partial charge on any atom is 0.255 e. The van der Waals surface area contributed by atoms with Crippen LogP contribution in [0.2, 0.25) is 0 Å². The SMILES string of the molecule is O=C(c1ccccc1SC[C@@H]1CCCO1)N1CCN(Cc2nc3ccccc3s2)CC1. The summed E-state index contributed by atoms with van der Waals surface area (Å²) in [5.41, 5.74) is 1.90. The average Bonchev–Trinajstić information content (AvgIpc) is 3.47. The smallest absolute Gasteiger partial charge is 0.255 e. The first-order valence-electron chi connectivity index (χ1n) is 11.0. The lowest BCUT2D eigenvalue weighted by molar-refractivity contribution is 0.0625. The van der Waals surface area contributed by atoms with Crippen molar-refractivity contribution in [1.82, 2.24) is 14.8 Å². The van der Waals surface area contributed by atoms with Crippen LogP contribution >= 0.6 is 23.1 Å². The first-order chi connectivity index (χ1) is 15.3. The molecule has 2 saturated heterocycles. The third-order valence-corrected chi connectivity index (χ3v) is 8.15. The minimum absolute atomic E-state index is 0.148. The molecule has 2 aromatic carbocycles. The molecule has 5 nitrogen and oxygen atoms in total. The molecule has 1 aromatic heterocycles. The molecule has 2 aliphatic rings. The van der Waals surface area contributed by atoms with Crippen molar-refractivity contribution >= 4 is 39.2 Å². The molecule has 1 atom stereocenters. The van der Waals surface area contributed by atoms with Crippen molar-refractivity contribution < 1.29 is 9.53 Å². The number of carbonyl (C=O) groups is 1. The third-order valence-electron chi connectivity index (χ3n) is 5.92. The number of thiazole rings is 1. The molecule has 0 N–H and O–H groups in total. The van der Waals surface area contributed by atoms with E-state index in [9.17, 15) is 4.79 Å². The van der Waals surface area contributed by atoms with E-state index in [1.54, 1.807) is 23.1 Å². The second-order valence-corrected chi connectivity index (χ2v) is 10.3. The second kappa shape index (κ2) is 9.69. The van der Waals surface area contributed by atoms with Crippen molar-refractivity contribution in [2.24, 2.45) is 0 Å². The molecule has 1 amide bonds. The van der Waals surface area contributed by atoms with Crippen LogP contribution in [0.4, 0.5) is 0 Å². The molecule has 2 fully saturated rings. The summed E-state index contributed by atoms with van der Waals surface area (Å²) in [5, 5.41) is 1.15. The summed E-state index contributed by atoms with van der Waals surface area (Å²) in [4.78, 5) is 23.5. The number of benzene rings is 2. The standard InChI is InChI=1S/C24H27N3O2S2/c28-24(19-7-1-3-9-21(19)30-17-18-6-5-15-29-18)27-13-11-26(12-14-27)16-23-25-20-8-2-4-10-22(20)31-23/h1-4,7-10,18H,5-6,11-17H2/t18-/m0/s1. The Kier molecular flexibility index (Phi) is 6.55. The predicted molar refractivity (Wildman–Crippen MR) is 127 cm³/mol. The number of amides is 1. The first-order valence-corrected chi connectivity index (χ1v) is 12.8. The summed E-state index contributed by atoms with van der Waals surface area (Å²) in [6, 6.07) is 16.3. The first kappa shape index (κ1) is 20.9. The summed E-state index contributed by atoms with van der Waals surface area (Å²) in [7, 11) is 0. The van der Waals surface area contributed by atoms with Crippen molar-refractivity contribution in [2.45, 2.75) is 30.4 Å². The largest absolute Gasteiger partial charge is 0.377 e. The summed E-state index contributed by atoms with van der Waals surface area (Å²) in [6.07, 6.45) is 2.59. The minimum Gasteiger partial charge on any atom is -0.377 e. The van der Waals surface area contributed by atoms with Gasteiger partial charge in [0.1, 0.15) is 5.01 Å². The van der Waals surface area contributed by atoms with Crippen molar-refractivity contribution in [1.29, 1.82) is 0 Å². The zero-order chi connectivity index (χ0) is 21.0. The number of fused-ring (bicyclic) bond motifs is 1. The van der Waals surface area contributed by atoms with E-state index in [-0.39, 0.29) is 5.91 Å². The van der Waals surface area contributed by atoms with Gasteiger partial charge in [0.2, 0.25) is 0 Å². The molecule has 0 bridgehead atoms. The van der Waals surface area contributed by atoms with Gasteiger partial charge in [-0.1, -0.05) is 24.3 Å².